The molecule has 0 aromatic heterocycles. The summed E-state index contributed by atoms with van der Waals surface area (Å²) in [7, 11) is 1.61. The number of amides is 2. The summed E-state index contributed by atoms with van der Waals surface area (Å²) >= 11 is 0. The zero-order chi connectivity index (χ0) is 21.5. The molecule has 0 spiro atoms. The molecule has 0 radical (unpaired) electrons. The number of rotatable bonds is 9. The third-order valence-corrected chi connectivity index (χ3v) is 4.93. The van der Waals surface area contributed by atoms with Crippen molar-refractivity contribution in [3.05, 3.63) is 48.0 Å². The first-order valence-corrected chi connectivity index (χ1v) is 10.1. The van der Waals surface area contributed by atoms with Crippen molar-refractivity contribution in [3.63, 3.8) is 0 Å². The van der Waals surface area contributed by atoms with Gasteiger partial charge in [-0.25, -0.2) is 0 Å². The van der Waals surface area contributed by atoms with Crippen LogP contribution in [0.5, 0.6) is 17.2 Å². The maximum Gasteiger partial charge on any atom is 0.229 e. The molecule has 1 aliphatic heterocycles. The quantitative estimate of drug-likeness (QED) is 0.682. The number of ether oxygens (including phenoxy) is 3. The van der Waals surface area contributed by atoms with Crippen LogP contribution in [0.25, 0.3) is 0 Å². The summed E-state index contributed by atoms with van der Waals surface area (Å²) in [5.41, 5.74) is 1.62. The lowest BCUT2D eigenvalue weighted by atomic mass is 10.1. The molecule has 7 nitrogen and oxygen atoms in total. The van der Waals surface area contributed by atoms with Crippen molar-refractivity contribution in [2.75, 3.05) is 32.2 Å². The number of hydrogen-bond donors (Lipinski definition) is 1. The molecule has 30 heavy (non-hydrogen) atoms. The van der Waals surface area contributed by atoms with Crippen molar-refractivity contribution < 1.29 is 23.8 Å². The highest BCUT2D eigenvalue weighted by atomic mass is 16.5. The van der Waals surface area contributed by atoms with Gasteiger partial charge in [-0.2, -0.15) is 0 Å². The standard InChI is InChI=1S/C23H28N2O5/c1-4-29-20-11-8-18(13-21(20)30-5-2)24-23(27)17-12-22(26)25(15-17)14-16-6-9-19(28-3)10-7-16/h6-11,13,17H,4-5,12,14-15H2,1-3H3,(H,24,27). The average molecular weight is 412 g/mol. The van der Waals surface area contributed by atoms with Crippen molar-refractivity contribution in [3.8, 4) is 17.2 Å². The summed E-state index contributed by atoms with van der Waals surface area (Å²) in [6, 6.07) is 12.9. The van der Waals surface area contributed by atoms with Crippen LogP contribution in [0.1, 0.15) is 25.8 Å². The summed E-state index contributed by atoms with van der Waals surface area (Å²) in [5.74, 6) is 1.41. The lowest BCUT2D eigenvalue weighted by Gasteiger charge is -2.17. The monoisotopic (exact) mass is 412 g/mol. The number of anilines is 1. The Morgan fingerprint density at radius 3 is 2.43 bits per heavy atom. The molecule has 0 bridgehead atoms. The van der Waals surface area contributed by atoms with Crippen LogP contribution in [0.2, 0.25) is 0 Å². The highest BCUT2D eigenvalue weighted by Gasteiger charge is 2.34. The molecular formula is C23H28N2O5. The van der Waals surface area contributed by atoms with E-state index in [1.807, 2.05) is 38.1 Å². The van der Waals surface area contributed by atoms with Crippen molar-refractivity contribution in [1.82, 2.24) is 4.90 Å². The van der Waals surface area contributed by atoms with E-state index >= 15 is 0 Å². The van der Waals surface area contributed by atoms with Crippen LogP contribution in [-0.4, -0.2) is 43.6 Å². The molecule has 1 unspecified atom stereocenters. The lowest BCUT2D eigenvalue weighted by Crippen LogP contribution is -2.28. The number of likely N-dealkylation sites (tertiary alicyclic amines) is 1. The van der Waals surface area contributed by atoms with Gasteiger partial charge in [0.2, 0.25) is 11.8 Å². The SMILES string of the molecule is CCOc1ccc(NC(=O)C2CC(=O)N(Cc3ccc(OC)cc3)C2)cc1OCC. The van der Waals surface area contributed by atoms with Crippen LogP contribution in [0.3, 0.4) is 0 Å². The second kappa shape index (κ2) is 10.0. The van der Waals surface area contributed by atoms with Gasteiger partial charge in [0.15, 0.2) is 11.5 Å². The molecular weight excluding hydrogens is 384 g/mol. The van der Waals surface area contributed by atoms with E-state index in [0.717, 1.165) is 11.3 Å². The number of methoxy groups -OCH3 is 1. The van der Waals surface area contributed by atoms with Gasteiger partial charge in [-0.05, 0) is 43.7 Å². The fraction of sp³-hybridized carbons (Fsp3) is 0.391. The molecule has 2 amide bonds. The fourth-order valence-corrected chi connectivity index (χ4v) is 3.43. The third-order valence-electron chi connectivity index (χ3n) is 4.93. The van der Waals surface area contributed by atoms with Crippen molar-refractivity contribution >= 4 is 17.5 Å². The van der Waals surface area contributed by atoms with Crippen LogP contribution in [-0.2, 0) is 16.1 Å². The predicted molar refractivity (Wildman–Crippen MR) is 114 cm³/mol. The average Bonchev–Trinajstić information content (AvgIpc) is 3.11. The summed E-state index contributed by atoms with van der Waals surface area (Å²) in [4.78, 5) is 26.9. The van der Waals surface area contributed by atoms with E-state index in [2.05, 4.69) is 5.32 Å². The molecule has 1 N–H and O–H groups in total. The van der Waals surface area contributed by atoms with Crippen LogP contribution in [0.15, 0.2) is 42.5 Å². The minimum atomic E-state index is -0.391. The topological polar surface area (TPSA) is 77.1 Å². The van der Waals surface area contributed by atoms with Crippen LogP contribution in [0, 0.1) is 5.92 Å². The number of benzene rings is 2. The Bertz CT molecular complexity index is 882. The molecule has 160 valence electrons. The second-order valence-corrected chi connectivity index (χ2v) is 7.04. The number of carbonyl (C=O) groups is 2. The molecule has 2 aromatic carbocycles. The van der Waals surface area contributed by atoms with E-state index < -0.39 is 5.92 Å². The number of nitrogens with one attached hydrogen (secondary N) is 1. The van der Waals surface area contributed by atoms with Gasteiger partial charge in [-0.15, -0.1) is 0 Å². The molecule has 1 saturated heterocycles. The van der Waals surface area contributed by atoms with Crippen LogP contribution in [0.4, 0.5) is 5.69 Å². The maximum atomic E-state index is 12.7. The Balaban J connectivity index is 1.62. The van der Waals surface area contributed by atoms with Crippen LogP contribution < -0.4 is 19.5 Å². The molecule has 1 aliphatic rings. The Morgan fingerprint density at radius 1 is 1.07 bits per heavy atom. The van der Waals surface area contributed by atoms with Gasteiger partial charge in [0, 0.05) is 31.3 Å². The first-order chi connectivity index (χ1) is 14.5. The van der Waals surface area contributed by atoms with Gasteiger partial charge in [-0.3, -0.25) is 9.59 Å². The number of nitrogens with zero attached hydrogens (tertiary/aromatic N) is 1. The molecule has 0 saturated carbocycles. The van der Waals surface area contributed by atoms with Crippen molar-refractivity contribution in [2.45, 2.75) is 26.8 Å². The minimum absolute atomic E-state index is 0.0207. The van der Waals surface area contributed by atoms with Gasteiger partial charge in [0.05, 0.1) is 26.2 Å². The van der Waals surface area contributed by atoms with Crippen molar-refractivity contribution in [2.24, 2.45) is 5.92 Å². The van der Waals surface area contributed by atoms with Gasteiger partial charge in [0.25, 0.3) is 0 Å². The fourth-order valence-electron chi connectivity index (χ4n) is 3.43. The number of carbonyl (C=O) groups excluding carboxylic acids is 2. The molecule has 2 aromatic rings. The van der Waals surface area contributed by atoms with Gasteiger partial charge in [-0.1, -0.05) is 12.1 Å². The Hall–Kier alpha value is -3.22. The van der Waals surface area contributed by atoms with E-state index in [1.54, 1.807) is 30.2 Å². The van der Waals surface area contributed by atoms with E-state index in [-0.39, 0.29) is 18.2 Å². The van der Waals surface area contributed by atoms with E-state index in [9.17, 15) is 9.59 Å². The maximum absolute atomic E-state index is 12.7. The van der Waals surface area contributed by atoms with Gasteiger partial charge in [0.1, 0.15) is 5.75 Å². The molecule has 1 atom stereocenters. The minimum Gasteiger partial charge on any atom is -0.497 e. The summed E-state index contributed by atoms with van der Waals surface area (Å²) in [6.45, 7) is 5.69. The summed E-state index contributed by atoms with van der Waals surface area (Å²) in [5, 5.41) is 2.90. The number of hydrogen-bond acceptors (Lipinski definition) is 5. The Morgan fingerprint density at radius 2 is 1.77 bits per heavy atom. The molecule has 7 heteroatoms. The Kier molecular flexibility index (Phi) is 7.17. The van der Waals surface area contributed by atoms with Gasteiger partial charge < -0.3 is 24.4 Å². The highest BCUT2D eigenvalue weighted by Crippen LogP contribution is 2.31. The third kappa shape index (κ3) is 5.23. The second-order valence-electron chi connectivity index (χ2n) is 7.04. The highest BCUT2D eigenvalue weighted by molar-refractivity contribution is 5.97. The van der Waals surface area contributed by atoms with Gasteiger partial charge >= 0.3 is 0 Å². The molecule has 1 fully saturated rings. The zero-order valence-corrected chi connectivity index (χ0v) is 17.6. The predicted octanol–water partition coefficient (Wildman–Crippen LogP) is 3.48. The zero-order valence-electron chi connectivity index (χ0n) is 17.6. The Labute approximate surface area is 176 Å². The van der Waals surface area contributed by atoms with E-state index in [0.29, 0.717) is 43.5 Å². The first-order valence-electron chi connectivity index (χ1n) is 10.1. The summed E-state index contributed by atoms with van der Waals surface area (Å²) in [6.07, 6.45) is 0.206. The largest absolute Gasteiger partial charge is 0.497 e. The van der Waals surface area contributed by atoms with Crippen molar-refractivity contribution in [1.29, 1.82) is 0 Å². The molecule has 1 heterocycles. The molecule has 3 rings (SSSR count). The molecule has 0 aliphatic carbocycles. The first kappa shape index (κ1) is 21.5. The summed E-state index contributed by atoms with van der Waals surface area (Å²) < 4.78 is 16.3. The smallest absolute Gasteiger partial charge is 0.229 e. The van der Waals surface area contributed by atoms with Crippen LogP contribution >= 0.6 is 0 Å². The van der Waals surface area contributed by atoms with E-state index in [1.165, 1.54) is 0 Å². The lowest BCUT2D eigenvalue weighted by molar-refractivity contribution is -0.128. The normalized spacial score (nSPS) is 15.8. The van der Waals surface area contributed by atoms with E-state index in [4.69, 9.17) is 14.2 Å².